The predicted molar refractivity (Wildman–Crippen MR) is 541 cm³/mol. The molecular weight excluding hydrogens is 2120 g/mol. The van der Waals surface area contributed by atoms with Crippen LogP contribution < -0.4 is 78.1 Å². The van der Waals surface area contributed by atoms with Gasteiger partial charge in [0.15, 0.2) is 47.5 Å². The summed E-state index contributed by atoms with van der Waals surface area (Å²) in [5, 5.41) is 50.6. The Labute approximate surface area is 872 Å². The molecular formula is C90H119Cl4N19O32P4. The molecule has 10 aromatic rings. The number of nitrogens with two attached hydrogens (primary N) is 3. The molecule has 0 bridgehead atoms. The number of para-hydroxylation sites is 4. The fourth-order valence-corrected chi connectivity index (χ4v) is 24.1. The number of imidazole rings is 2. The first-order valence-electron chi connectivity index (χ1n) is 46.2. The first-order valence-corrected chi connectivity index (χ1v) is 53.9. The van der Waals surface area contributed by atoms with E-state index in [0.717, 1.165) is 15.2 Å². The fourth-order valence-electron chi connectivity index (χ4n) is 15.3. The minimum Gasteiger partial charge on any atom is -0.462 e. The van der Waals surface area contributed by atoms with E-state index in [0.29, 0.717) is 11.2 Å². The Morgan fingerprint density at radius 2 is 0.698 bits per heavy atom. The summed E-state index contributed by atoms with van der Waals surface area (Å²) in [4.78, 5) is 121. The van der Waals surface area contributed by atoms with Crippen LogP contribution in [0.3, 0.4) is 0 Å². The average molecular weight is 2240 g/mol. The Bertz CT molecular complexity index is 6710. The maximum atomic E-state index is 14.1. The van der Waals surface area contributed by atoms with Crippen molar-refractivity contribution in [3.8, 4) is 23.0 Å². The third kappa shape index (κ3) is 29.6. The number of hydrogen-bond donors (Lipinski definition) is 13. The van der Waals surface area contributed by atoms with Crippen LogP contribution in [0.2, 0.25) is 0 Å². The van der Waals surface area contributed by atoms with Gasteiger partial charge in [-0.25, -0.2) is 47.8 Å². The molecule has 149 heavy (non-hydrogen) atoms. The largest absolute Gasteiger partial charge is 0.462 e. The van der Waals surface area contributed by atoms with Crippen molar-refractivity contribution >= 4 is 141 Å². The highest BCUT2D eigenvalue weighted by atomic mass is 35.5. The number of carbonyl (C=O) groups excluding carboxylic acids is 4. The van der Waals surface area contributed by atoms with E-state index < -0.39 is 240 Å². The summed E-state index contributed by atoms with van der Waals surface area (Å²) >= 11 is 27.6. The molecule has 0 spiro atoms. The van der Waals surface area contributed by atoms with Crippen molar-refractivity contribution in [2.75, 3.05) is 43.6 Å². The van der Waals surface area contributed by atoms with Gasteiger partial charge >= 0.3 is 66.2 Å². The molecule has 4 unspecified atom stereocenters. The SMILES string of the molecule is CC(C)OC(=O)[C@H](C)NP(=O)(Oc1ccccc1)O[C@@H]1[C@@H](CO)O[C@@H](n2ccc(=O)[nH]c2=O)[C@]1(C)Cl.CC(C)OC(=O)[C@H](C)NP(=O)(Oc1ccccc1)O[C@@H]1[C@@H](CO)O[C@@H](n2ccc(N)nc2=O)[C@]1(C)Cl.CC(C)OC(=O)[C@H](C)NP(=O)(Oc1ccccc1)O[C@@H]1[C@@H](CO)O[C@@H](n2cnc3c(=O)[nH]c(N)nc32)[C@]1(C)Cl.CC(C)OC(=O)[C@H](C)NP(=O)(Oc1ccccc1)O[C@@H]1[C@@H](CO)O[C@@H](n2cnc3c(N)ncnc32)[C@]1(C)Cl. The molecule has 4 aliphatic heterocycles. The summed E-state index contributed by atoms with van der Waals surface area (Å²) in [5.41, 5.74) is 15.2. The predicted octanol–water partition coefficient (Wildman–Crippen LogP) is 9.03. The molecule has 0 saturated carbocycles. The topological polar surface area (TPSA) is 688 Å². The number of nitrogens with zero attached hydrogens (tertiary/aromatic N) is 10. The van der Waals surface area contributed by atoms with Gasteiger partial charge in [0.2, 0.25) is 5.95 Å². The quantitative estimate of drug-likeness (QED) is 0.00736. The van der Waals surface area contributed by atoms with Gasteiger partial charge in [0.05, 0.1) is 63.5 Å². The second-order valence-electron chi connectivity index (χ2n) is 35.9. The van der Waals surface area contributed by atoms with Gasteiger partial charge in [0, 0.05) is 18.5 Å². The number of anilines is 3. The Morgan fingerprint density at radius 1 is 0.403 bits per heavy atom. The molecule has 24 atom stereocenters. The van der Waals surface area contributed by atoms with Crippen molar-refractivity contribution in [1.29, 1.82) is 0 Å². The number of carbonyl (C=O) groups is 4. The van der Waals surface area contributed by atoms with Crippen LogP contribution in [0.15, 0.2) is 184 Å². The zero-order chi connectivity index (χ0) is 110. The van der Waals surface area contributed by atoms with Gasteiger partial charge in [0.25, 0.3) is 11.1 Å². The summed E-state index contributed by atoms with van der Waals surface area (Å²) in [6.45, 7) is 23.0. The lowest BCUT2D eigenvalue weighted by molar-refractivity contribution is -0.150. The molecule has 4 fully saturated rings. The summed E-state index contributed by atoms with van der Waals surface area (Å²) in [6.07, 6.45) is -9.00. The van der Waals surface area contributed by atoms with Crippen LogP contribution in [0.1, 0.15) is 136 Å². The van der Waals surface area contributed by atoms with E-state index >= 15 is 0 Å². The number of aromatic nitrogens is 12. The highest BCUT2D eigenvalue weighted by Crippen LogP contribution is 2.60. The number of hydrogen-bond acceptors (Lipinski definition) is 41. The zero-order valence-electron chi connectivity index (χ0n) is 83.2. The highest BCUT2D eigenvalue weighted by molar-refractivity contribution is 7.53. The molecule has 10 heterocycles. The molecule has 16 N–H and O–H groups in total. The number of esters is 4. The third-order valence-corrected chi connectivity index (χ3v) is 30.4. The summed E-state index contributed by atoms with van der Waals surface area (Å²) in [6, 6.07) is 30.8. The molecule has 4 aliphatic rings. The summed E-state index contributed by atoms with van der Waals surface area (Å²) in [7, 11) is -17.5. The number of nitrogens with one attached hydrogen (secondary N) is 6. The van der Waals surface area contributed by atoms with Crippen LogP contribution in [-0.4, -0.2) is 246 Å². The van der Waals surface area contributed by atoms with Crippen LogP contribution in [0.25, 0.3) is 22.3 Å². The standard InChI is InChI=1S/C23H30ClN6O8P.C23H30ClN6O7P.C22H30ClN4O8P.C22H29ClN3O9P/c1-12(2)35-20(33)13(3)29-39(34,37-14-8-6-5-7-9-14)38-17-15(10-31)36-21(23(17,4)24)30-11-26-16-18(30)27-22(25)28-19(16)32;1-13(2)34-21(32)14(3)29-38(33,36-15-8-6-5-7-9-15)37-18-16(10-31)35-22(23(18,4)24)30-12-28-17-19(25)26-11-27-20(17)30;1-13(2)32-19(29)14(3)26-36(31,34-15-8-6-5-7-9-15)35-18-16(12-28)33-20(22(18,4)23)27-11-10-17(24)25-21(27)30;1-13(2)32-19(29)14(3)25-36(31,34-15-8-6-5-7-9-15)35-18-16(12-27)33-20(22(18,4)23)26-11-10-17(28)24-21(26)30/h5-9,11-13,15,17,21,31H,10H2,1-4H3,(H,29,34)(H3,25,27,28,32);5-9,11-14,16,18,22,31H,10H2,1-4H3,(H,29,33)(H2,25,26,27);5-11,13-14,16,18,20,28H,12H2,1-4H3,(H,26,31)(H2,24,25,30);5-11,13-14,16,18,20,27H,12H2,1-4H3,(H,25,31)(H,24,28,30)/t13-,15+,17+,21+,23+,39?;14-,16+,18+,22+,23+,38?;2*14-,16+,18+,20+,22+,36?/m0000/s1. The maximum absolute atomic E-state index is 14.1. The monoisotopic (exact) mass is 2240 g/mol. The number of alkyl halides is 4. The number of fused-ring (bicyclic) bond motifs is 2. The summed E-state index contributed by atoms with van der Waals surface area (Å²) in [5.74, 6) is -1.94. The maximum Gasteiger partial charge on any atom is 0.459 e. The number of H-pyrrole nitrogens is 2. The van der Waals surface area contributed by atoms with Gasteiger partial charge in [-0.05, 0) is 165 Å². The number of rotatable bonds is 40. The zero-order valence-corrected chi connectivity index (χ0v) is 89.8. The Morgan fingerprint density at radius 3 is 1.00 bits per heavy atom. The van der Waals surface area contributed by atoms with Gasteiger partial charge in [-0.2, -0.15) is 30.3 Å². The number of aliphatic hydroxyl groups is 4. The lowest BCUT2D eigenvalue weighted by atomic mass is 10.0. The highest BCUT2D eigenvalue weighted by Gasteiger charge is 2.63. The van der Waals surface area contributed by atoms with Gasteiger partial charge in [-0.3, -0.25) is 75.1 Å². The molecule has 814 valence electrons. The Kier molecular flexibility index (Phi) is 39.9. The van der Waals surface area contributed by atoms with E-state index in [1.54, 1.807) is 172 Å². The van der Waals surface area contributed by atoms with Crippen LogP contribution in [0.5, 0.6) is 23.0 Å². The van der Waals surface area contributed by atoms with Crippen molar-refractivity contribution < 1.29 is 132 Å². The van der Waals surface area contributed by atoms with Crippen LogP contribution in [0, 0.1) is 0 Å². The molecule has 4 aromatic carbocycles. The molecule has 14 rings (SSSR count). The first kappa shape index (κ1) is 119. The van der Waals surface area contributed by atoms with Crippen molar-refractivity contribution in [2.24, 2.45) is 0 Å². The second kappa shape index (κ2) is 50.2. The lowest BCUT2D eigenvalue weighted by Gasteiger charge is -2.32. The van der Waals surface area contributed by atoms with Crippen molar-refractivity contribution in [3.63, 3.8) is 0 Å². The second-order valence-corrected chi connectivity index (χ2v) is 45.8. The van der Waals surface area contributed by atoms with Crippen molar-refractivity contribution in [1.82, 2.24) is 78.5 Å². The van der Waals surface area contributed by atoms with Gasteiger partial charge in [0.1, 0.15) is 133 Å². The molecule has 0 amide bonds. The number of nitrogen functional groups attached to an aromatic ring is 3. The third-order valence-electron chi connectivity index (χ3n) is 22.1. The summed E-state index contributed by atoms with van der Waals surface area (Å²) < 4.78 is 152. The Balaban J connectivity index is 0.000000189. The van der Waals surface area contributed by atoms with Crippen molar-refractivity contribution in [2.45, 2.75) is 253 Å². The van der Waals surface area contributed by atoms with Crippen LogP contribution in [-0.2, 0) is 93.4 Å². The van der Waals surface area contributed by atoms with Gasteiger partial charge in [-0.15, -0.1) is 46.4 Å². The lowest BCUT2D eigenvalue weighted by Crippen LogP contribution is -2.45. The minimum atomic E-state index is -4.38. The van der Waals surface area contributed by atoms with E-state index in [1.807, 2.05) is 0 Å². The van der Waals surface area contributed by atoms with Crippen molar-refractivity contribution in [3.05, 3.63) is 207 Å². The van der Waals surface area contributed by atoms with E-state index in [-0.39, 0.29) is 57.8 Å². The van der Waals surface area contributed by atoms with E-state index in [1.165, 1.54) is 107 Å². The first-order chi connectivity index (χ1) is 70.0. The van der Waals surface area contributed by atoms with E-state index in [2.05, 4.69) is 60.2 Å². The van der Waals surface area contributed by atoms with E-state index in [4.69, 9.17) is 138 Å². The number of aliphatic hydroxyl groups excluding tert-OH is 4. The molecule has 0 aliphatic carbocycles. The van der Waals surface area contributed by atoms with Crippen LogP contribution >= 0.6 is 77.4 Å². The molecule has 0 radical (unpaired) electrons. The van der Waals surface area contributed by atoms with Crippen LogP contribution in [0.4, 0.5) is 17.6 Å². The molecule has 6 aromatic heterocycles. The smallest absolute Gasteiger partial charge is 0.459 e. The fraction of sp³-hybridized carbons (Fsp3) is 0.489. The average Bonchev–Trinajstić information content (AvgIpc) is 1.66. The normalized spacial score (nSPS) is 26.0. The molecule has 59 heteroatoms. The van der Waals surface area contributed by atoms with E-state index in [9.17, 15) is 77.0 Å². The van der Waals surface area contributed by atoms with Gasteiger partial charge < -0.3 is 93.6 Å². The Hall–Kier alpha value is -10.7. The number of ether oxygens (including phenoxy) is 8. The number of aromatic amines is 2. The molecule has 51 nitrogen and oxygen atoms in total. The molecule has 4 saturated heterocycles. The number of benzene rings is 4. The van der Waals surface area contributed by atoms with Gasteiger partial charge in [-0.1, -0.05) is 72.8 Å². The minimum absolute atomic E-state index is 0.00395. The number of halogens is 4.